The zero-order valence-electron chi connectivity index (χ0n) is 12.6. The lowest BCUT2D eigenvalue weighted by Gasteiger charge is -2.40. The summed E-state index contributed by atoms with van der Waals surface area (Å²) in [6, 6.07) is 12.2. The van der Waals surface area contributed by atoms with E-state index >= 15 is 0 Å². The van der Waals surface area contributed by atoms with Crippen LogP contribution in [0.15, 0.2) is 42.5 Å². The van der Waals surface area contributed by atoms with Gasteiger partial charge in [-0.3, -0.25) is 9.59 Å². The number of amides is 2. The number of benzene rings is 2. The van der Waals surface area contributed by atoms with Crippen molar-refractivity contribution < 1.29 is 9.59 Å². The van der Waals surface area contributed by atoms with Crippen LogP contribution in [0.1, 0.15) is 30.0 Å². The minimum Gasteiger partial charge on any atom is -0.348 e. The number of carbonyl (C=O) groups excluding carboxylic acids is 2. The molecule has 2 heterocycles. The fourth-order valence-corrected chi connectivity index (χ4v) is 4.14. The third kappa shape index (κ3) is 2.21. The molecule has 2 atom stereocenters. The number of piperidine rings is 1. The van der Waals surface area contributed by atoms with Gasteiger partial charge in [-0.15, -0.1) is 0 Å². The van der Waals surface area contributed by atoms with Crippen molar-refractivity contribution in [1.82, 2.24) is 5.32 Å². The lowest BCUT2D eigenvalue weighted by atomic mass is 9.67. The summed E-state index contributed by atoms with van der Waals surface area (Å²) in [5.41, 5.74) is 1.53. The number of hydrogen-bond acceptors (Lipinski definition) is 2. The summed E-state index contributed by atoms with van der Waals surface area (Å²) in [6.07, 6.45) is 0.739. The molecule has 1 saturated heterocycles. The van der Waals surface area contributed by atoms with Crippen LogP contribution in [-0.2, 0) is 15.0 Å². The molecule has 4 nitrogen and oxygen atoms in total. The Morgan fingerprint density at radius 2 is 1.83 bits per heavy atom. The van der Waals surface area contributed by atoms with Gasteiger partial charge in [-0.1, -0.05) is 41.4 Å². The second-order valence-electron chi connectivity index (χ2n) is 6.17. The quantitative estimate of drug-likeness (QED) is 0.811. The van der Waals surface area contributed by atoms with Crippen LogP contribution < -0.4 is 10.6 Å². The topological polar surface area (TPSA) is 58.2 Å². The van der Waals surface area contributed by atoms with Gasteiger partial charge in [0.15, 0.2) is 0 Å². The van der Waals surface area contributed by atoms with Gasteiger partial charge in [0.2, 0.25) is 11.8 Å². The predicted octanol–water partition coefficient (Wildman–Crippen LogP) is 3.83. The number of carbonyl (C=O) groups is 2. The zero-order valence-corrected chi connectivity index (χ0v) is 14.1. The predicted molar refractivity (Wildman–Crippen MR) is 93.3 cm³/mol. The van der Waals surface area contributed by atoms with E-state index in [4.69, 9.17) is 23.2 Å². The van der Waals surface area contributed by atoms with Gasteiger partial charge in [0.25, 0.3) is 0 Å². The average Bonchev–Trinajstić information content (AvgIpc) is 2.81. The Morgan fingerprint density at radius 3 is 2.62 bits per heavy atom. The van der Waals surface area contributed by atoms with Crippen molar-refractivity contribution in [2.75, 3.05) is 5.32 Å². The van der Waals surface area contributed by atoms with Crippen LogP contribution >= 0.6 is 23.2 Å². The molecular weight excluding hydrogens is 347 g/mol. The van der Waals surface area contributed by atoms with Crippen molar-refractivity contribution in [3.63, 3.8) is 0 Å². The highest BCUT2D eigenvalue weighted by molar-refractivity contribution is 6.31. The molecule has 2 amide bonds. The van der Waals surface area contributed by atoms with Gasteiger partial charge in [-0.25, -0.2) is 0 Å². The molecule has 1 spiro atoms. The molecule has 2 aromatic carbocycles. The minimum absolute atomic E-state index is 0.0687. The molecule has 24 heavy (non-hydrogen) atoms. The zero-order chi connectivity index (χ0) is 16.9. The molecule has 122 valence electrons. The maximum absolute atomic E-state index is 13.0. The van der Waals surface area contributed by atoms with E-state index in [9.17, 15) is 9.59 Å². The summed E-state index contributed by atoms with van der Waals surface area (Å²) in [5.74, 6) is -0.189. The smallest absolute Gasteiger partial charge is 0.237 e. The van der Waals surface area contributed by atoms with E-state index in [0.29, 0.717) is 28.6 Å². The monoisotopic (exact) mass is 360 g/mol. The van der Waals surface area contributed by atoms with Gasteiger partial charge in [0.1, 0.15) is 5.41 Å². The molecule has 2 N–H and O–H groups in total. The lowest BCUT2D eigenvalue weighted by Crippen LogP contribution is -2.52. The summed E-state index contributed by atoms with van der Waals surface area (Å²) in [5, 5.41) is 7.03. The number of rotatable bonds is 1. The van der Waals surface area contributed by atoms with Gasteiger partial charge in [0, 0.05) is 22.2 Å². The maximum atomic E-state index is 13.0. The maximum Gasteiger partial charge on any atom is 0.237 e. The highest BCUT2D eigenvalue weighted by Gasteiger charge is 2.55. The number of halogens is 2. The van der Waals surface area contributed by atoms with Crippen LogP contribution in [0.25, 0.3) is 0 Å². The summed E-state index contributed by atoms with van der Waals surface area (Å²) in [7, 11) is 0. The Morgan fingerprint density at radius 1 is 1.04 bits per heavy atom. The van der Waals surface area contributed by atoms with Gasteiger partial charge in [-0.05, 0) is 41.8 Å². The summed E-state index contributed by atoms with van der Waals surface area (Å²) >= 11 is 12.2. The molecule has 1 fully saturated rings. The molecule has 4 rings (SSSR count). The third-order valence-corrected chi connectivity index (χ3v) is 5.31. The number of fused-ring (bicyclic) bond motifs is 2. The molecule has 6 heteroatoms. The van der Waals surface area contributed by atoms with E-state index in [2.05, 4.69) is 10.6 Å². The number of hydrogen-bond donors (Lipinski definition) is 2. The second-order valence-corrected chi connectivity index (χ2v) is 7.04. The van der Waals surface area contributed by atoms with Crippen molar-refractivity contribution in [2.45, 2.75) is 24.3 Å². The molecule has 0 bridgehead atoms. The Kier molecular flexibility index (Phi) is 3.55. The first-order valence-electron chi connectivity index (χ1n) is 7.67. The fourth-order valence-electron chi connectivity index (χ4n) is 3.77. The van der Waals surface area contributed by atoms with Crippen LogP contribution in [0.4, 0.5) is 5.69 Å². The SMILES string of the molecule is O=C1CCC2(C(=O)Nc3cc(Cl)ccc32)C(c2cccc(Cl)c2)N1. The molecule has 2 aromatic rings. The third-order valence-electron chi connectivity index (χ3n) is 4.84. The first-order valence-corrected chi connectivity index (χ1v) is 8.42. The average molecular weight is 361 g/mol. The molecule has 0 aliphatic carbocycles. The van der Waals surface area contributed by atoms with Gasteiger partial charge >= 0.3 is 0 Å². The summed E-state index contributed by atoms with van der Waals surface area (Å²) in [6.45, 7) is 0. The van der Waals surface area contributed by atoms with E-state index in [1.165, 1.54) is 0 Å². The summed E-state index contributed by atoms with van der Waals surface area (Å²) in [4.78, 5) is 25.0. The van der Waals surface area contributed by atoms with E-state index < -0.39 is 11.5 Å². The Labute approximate surface area is 149 Å². The van der Waals surface area contributed by atoms with E-state index in [1.54, 1.807) is 24.3 Å². The van der Waals surface area contributed by atoms with Crippen LogP contribution in [0.2, 0.25) is 10.0 Å². The summed E-state index contributed by atoms with van der Waals surface area (Å²) < 4.78 is 0. The molecule has 0 radical (unpaired) electrons. The van der Waals surface area contributed by atoms with Crippen LogP contribution in [0, 0.1) is 0 Å². The standard InChI is InChI=1S/C18H14Cl2N2O2/c19-11-3-1-2-10(8-11)16-18(7-6-15(23)22-16)13-5-4-12(20)9-14(13)21-17(18)24/h1-5,8-9,16H,6-7H2,(H,21,24)(H,22,23). The number of anilines is 1. The van der Waals surface area contributed by atoms with E-state index in [-0.39, 0.29) is 11.8 Å². The van der Waals surface area contributed by atoms with Gasteiger partial charge in [0.05, 0.1) is 6.04 Å². The van der Waals surface area contributed by atoms with Crippen LogP contribution in [0.3, 0.4) is 0 Å². The van der Waals surface area contributed by atoms with Crippen LogP contribution in [-0.4, -0.2) is 11.8 Å². The highest BCUT2D eigenvalue weighted by atomic mass is 35.5. The van der Waals surface area contributed by atoms with Crippen molar-refractivity contribution in [1.29, 1.82) is 0 Å². The van der Waals surface area contributed by atoms with Gasteiger partial charge in [-0.2, -0.15) is 0 Å². The van der Waals surface area contributed by atoms with Crippen molar-refractivity contribution in [2.24, 2.45) is 0 Å². The Balaban J connectivity index is 1.91. The Hall–Kier alpha value is -2.04. The van der Waals surface area contributed by atoms with Gasteiger partial charge < -0.3 is 10.6 Å². The molecule has 0 saturated carbocycles. The van der Waals surface area contributed by atoms with E-state index in [1.807, 2.05) is 18.2 Å². The molecule has 2 aliphatic heterocycles. The van der Waals surface area contributed by atoms with Crippen molar-refractivity contribution in [3.8, 4) is 0 Å². The van der Waals surface area contributed by atoms with Crippen molar-refractivity contribution in [3.05, 3.63) is 63.6 Å². The molecule has 2 aliphatic rings. The first kappa shape index (κ1) is 15.5. The highest BCUT2D eigenvalue weighted by Crippen LogP contribution is 2.51. The van der Waals surface area contributed by atoms with Crippen molar-refractivity contribution >= 4 is 40.7 Å². The second kappa shape index (κ2) is 5.50. The Bertz CT molecular complexity index is 868. The number of nitrogens with one attached hydrogen (secondary N) is 2. The van der Waals surface area contributed by atoms with E-state index in [0.717, 1.165) is 11.1 Å². The normalized spacial score (nSPS) is 25.3. The largest absolute Gasteiger partial charge is 0.348 e. The first-order chi connectivity index (χ1) is 11.5. The minimum atomic E-state index is -0.849. The molecule has 2 unspecified atom stereocenters. The van der Waals surface area contributed by atoms with Crippen LogP contribution in [0.5, 0.6) is 0 Å². The molecular formula is C18H14Cl2N2O2. The molecule has 0 aromatic heterocycles. The lowest BCUT2D eigenvalue weighted by molar-refractivity contribution is -0.130. The fraction of sp³-hybridized carbons (Fsp3) is 0.222.